The van der Waals surface area contributed by atoms with Gasteiger partial charge in [0.15, 0.2) is 9.84 Å². The summed E-state index contributed by atoms with van der Waals surface area (Å²) >= 11 is 0. The molecule has 0 bridgehead atoms. The van der Waals surface area contributed by atoms with Crippen molar-refractivity contribution in [3.8, 4) is 28.2 Å². The van der Waals surface area contributed by atoms with Gasteiger partial charge in [-0.2, -0.15) is 13.2 Å². The zero-order valence-corrected chi connectivity index (χ0v) is 19.7. The van der Waals surface area contributed by atoms with Gasteiger partial charge in [-0.3, -0.25) is 4.57 Å². The molecular formula is C26H23F3N2O2S. The maximum atomic E-state index is 13.7. The molecular weight excluding hydrogens is 461 g/mol. The average Bonchev–Trinajstić information content (AvgIpc) is 3.20. The molecule has 34 heavy (non-hydrogen) atoms. The predicted molar refractivity (Wildman–Crippen MR) is 126 cm³/mol. The zero-order chi connectivity index (χ0) is 24.7. The van der Waals surface area contributed by atoms with Gasteiger partial charge in [-0.25, -0.2) is 13.4 Å². The molecule has 1 heterocycles. The molecule has 4 nitrogen and oxygen atoms in total. The van der Waals surface area contributed by atoms with E-state index in [1.54, 1.807) is 74.0 Å². The second-order valence-corrected chi connectivity index (χ2v) is 10.8. The van der Waals surface area contributed by atoms with Gasteiger partial charge in [0, 0.05) is 17.4 Å². The van der Waals surface area contributed by atoms with Crippen LogP contribution in [0.3, 0.4) is 0 Å². The Hall–Kier alpha value is -3.39. The van der Waals surface area contributed by atoms with Crippen LogP contribution in [0.1, 0.15) is 25.1 Å². The first-order valence-electron chi connectivity index (χ1n) is 10.7. The number of nitrogens with zero attached hydrogens (tertiary/aromatic N) is 2. The summed E-state index contributed by atoms with van der Waals surface area (Å²) in [4.78, 5) is 4.61. The standard InChI is InChI=1S/C26H23F3N2O2S/c1-17(2)34(32,33)22-11-7-9-20(15-22)19-8-6-10-21(14-19)31-16-18(3)30-25(31)23-12-4-5-13-24(23)26(27,28)29/h4-17H,1-3H3. The van der Waals surface area contributed by atoms with E-state index in [1.807, 2.05) is 12.1 Å². The minimum atomic E-state index is -4.52. The molecule has 176 valence electrons. The van der Waals surface area contributed by atoms with E-state index < -0.39 is 26.8 Å². The van der Waals surface area contributed by atoms with E-state index in [0.29, 0.717) is 16.9 Å². The zero-order valence-electron chi connectivity index (χ0n) is 18.8. The quantitative estimate of drug-likeness (QED) is 0.316. The Morgan fingerprint density at radius 1 is 0.882 bits per heavy atom. The molecule has 0 saturated carbocycles. The highest BCUT2D eigenvalue weighted by Crippen LogP contribution is 2.37. The molecule has 0 atom stereocenters. The molecule has 0 radical (unpaired) electrons. The second-order valence-electron chi connectivity index (χ2n) is 8.29. The van der Waals surface area contributed by atoms with E-state index in [-0.39, 0.29) is 16.3 Å². The molecule has 3 aromatic carbocycles. The van der Waals surface area contributed by atoms with Crippen molar-refractivity contribution in [2.45, 2.75) is 37.1 Å². The Morgan fingerprint density at radius 2 is 1.53 bits per heavy atom. The van der Waals surface area contributed by atoms with Crippen molar-refractivity contribution in [2.75, 3.05) is 0 Å². The molecule has 4 aromatic rings. The normalized spacial score (nSPS) is 12.3. The van der Waals surface area contributed by atoms with Crippen molar-refractivity contribution in [3.05, 3.63) is 90.3 Å². The highest BCUT2D eigenvalue weighted by atomic mass is 32.2. The second kappa shape index (κ2) is 8.76. The van der Waals surface area contributed by atoms with Crippen LogP contribution in [0.25, 0.3) is 28.2 Å². The molecule has 0 aliphatic carbocycles. The first-order chi connectivity index (χ1) is 16.0. The van der Waals surface area contributed by atoms with Crippen LogP contribution < -0.4 is 0 Å². The van der Waals surface area contributed by atoms with E-state index >= 15 is 0 Å². The minimum absolute atomic E-state index is 0.0153. The highest BCUT2D eigenvalue weighted by Gasteiger charge is 2.34. The fraction of sp³-hybridized carbons (Fsp3) is 0.192. The number of hydrogen-bond acceptors (Lipinski definition) is 3. The maximum Gasteiger partial charge on any atom is 0.417 e. The molecule has 0 amide bonds. The summed E-state index contributed by atoms with van der Waals surface area (Å²) in [6.07, 6.45) is -2.84. The van der Waals surface area contributed by atoms with Gasteiger partial charge in [0.1, 0.15) is 5.82 Å². The van der Waals surface area contributed by atoms with E-state index in [1.165, 1.54) is 12.1 Å². The van der Waals surface area contributed by atoms with Crippen LogP contribution in [-0.4, -0.2) is 23.2 Å². The molecule has 4 rings (SSSR count). The third-order valence-corrected chi connectivity index (χ3v) is 7.69. The van der Waals surface area contributed by atoms with Crippen molar-refractivity contribution in [3.63, 3.8) is 0 Å². The Bertz CT molecular complexity index is 1450. The summed E-state index contributed by atoms with van der Waals surface area (Å²) in [5.41, 5.74) is 1.84. The van der Waals surface area contributed by atoms with Gasteiger partial charge in [-0.05, 0) is 62.2 Å². The van der Waals surface area contributed by atoms with Gasteiger partial charge < -0.3 is 0 Å². The number of benzene rings is 3. The number of aryl methyl sites for hydroxylation is 1. The van der Waals surface area contributed by atoms with Gasteiger partial charge in [0.2, 0.25) is 0 Å². The van der Waals surface area contributed by atoms with E-state index in [0.717, 1.165) is 11.6 Å². The largest absolute Gasteiger partial charge is 0.417 e. The number of rotatable bonds is 5. The lowest BCUT2D eigenvalue weighted by Gasteiger charge is -2.15. The molecule has 0 unspecified atom stereocenters. The Morgan fingerprint density at radius 3 is 2.21 bits per heavy atom. The molecule has 8 heteroatoms. The van der Waals surface area contributed by atoms with Crippen LogP contribution in [0.15, 0.2) is 83.9 Å². The Kier molecular flexibility index (Phi) is 6.12. The first kappa shape index (κ1) is 23.8. The average molecular weight is 485 g/mol. The monoisotopic (exact) mass is 484 g/mol. The SMILES string of the molecule is Cc1cn(-c2cccc(-c3cccc(S(=O)(=O)C(C)C)c3)c2)c(-c2ccccc2C(F)(F)F)n1. The summed E-state index contributed by atoms with van der Waals surface area (Å²) in [6, 6.07) is 19.2. The van der Waals surface area contributed by atoms with Crippen LogP contribution in [-0.2, 0) is 16.0 Å². The number of sulfone groups is 1. The number of aromatic nitrogens is 2. The van der Waals surface area contributed by atoms with Crippen LogP contribution in [0.2, 0.25) is 0 Å². The highest BCUT2D eigenvalue weighted by molar-refractivity contribution is 7.92. The summed E-state index contributed by atoms with van der Waals surface area (Å²) in [5.74, 6) is 0.179. The number of imidazole rings is 1. The third kappa shape index (κ3) is 4.50. The number of halogens is 3. The van der Waals surface area contributed by atoms with Crippen molar-refractivity contribution in [1.82, 2.24) is 9.55 Å². The number of alkyl halides is 3. The molecule has 1 aromatic heterocycles. The third-order valence-electron chi connectivity index (χ3n) is 5.54. The molecule has 0 spiro atoms. The van der Waals surface area contributed by atoms with Crippen LogP contribution in [0.4, 0.5) is 13.2 Å². The topological polar surface area (TPSA) is 52.0 Å². The lowest BCUT2D eigenvalue weighted by atomic mass is 10.0. The number of hydrogen-bond donors (Lipinski definition) is 0. The fourth-order valence-corrected chi connectivity index (χ4v) is 4.87. The first-order valence-corrected chi connectivity index (χ1v) is 12.2. The smallest absolute Gasteiger partial charge is 0.299 e. The van der Waals surface area contributed by atoms with Gasteiger partial charge in [-0.1, -0.05) is 42.5 Å². The summed E-state index contributed by atoms with van der Waals surface area (Å²) < 4.78 is 67.9. The fourth-order valence-electron chi connectivity index (χ4n) is 3.77. The van der Waals surface area contributed by atoms with Crippen molar-refractivity contribution in [1.29, 1.82) is 0 Å². The summed E-state index contributed by atoms with van der Waals surface area (Å²) in [7, 11) is -3.45. The van der Waals surface area contributed by atoms with Gasteiger partial charge >= 0.3 is 6.18 Å². The van der Waals surface area contributed by atoms with E-state index in [9.17, 15) is 21.6 Å². The molecule has 0 aliphatic rings. The van der Waals surface area contributed by atoms with Gasteiger partial charge in [0.25, 0.3) is 0 Å². The maximum absolute atomic E-state index is 13.7. The Labute approximate surface area is 196 Å². The lowest BCUT2D eigenvalue weighted by Crippen LogP contribution is -2.13. The summed E-state index contributed by atoms with van der Waals surface area (Å²) in [5, 5.41) is -0.556. The van der Waals surface area contributed by atoms with Crippen molar-refractivity contribution >= 4 is 9.84 Å². The van der Waals surface area contributed by atoms with Gasteiger partial charge in [-0.15, -0.1) is 0 Å². The molecule has 0 fully saturated rings. The van der Waals surface area contributed by atoms with Crippen molar-refractivity contribution in [2.24, 2.45) is 0 Å². The van der Waals surface area contributed by atoms with Crippen LogP contribution in [0.5, 0.6) is 0 Å². The van der Waals surface area contributed by atoms with Crippen LogP contribution >= 0.6 is 0 Å². The van der Waals surface area contributed by atoms with Crippen LogP contribution in [0, 0.1) is 6.92 Å². The van der Waals surface area contributed by atoms with Gasteiger partial charge in [0.05, 0.1) is 21.4 Å². The molecule has 0 N–H and O–H groups in total. The molecule has 0 saturated heterocycles. The predicted octanol–water partition coefficient (Wildman–Crippen LogP) is 6.72. The van der Waals surface area contributed by atoms with E-state index in [4.69, 9.17) is 0 Å². The molecule has 0 aliphatic heterocycles. The minimum Gasteiger partial charge on any atom is -0.299 e. The van der Waals surface area contributed by atoms with E-state index in [2.05, 4.69) is 4.98 Å². The Balaban J connectivity index is 1.83. The lowest BCUT2D eigenvalue weighted by molar-refractivity contribution is -0.137. The van der Waals surface area contributed by atoms with Crippen molar-refractivity contribution < 1.29 is 21.6 Å². The summed E-state index contributed by atoms with van der Waals surface area (Å²) in [6.45, 7) is 4.98.